The van der Waals surface area contributed by atoms with Gasteiger partial charge < -0.3 is 15.2 Å². The molecule has 0 aromatic heterocycles. The summed E-state index contributed by atoms with van der Waals surface area (Å²) >= 11 is 0. The number of hydrogen-bond acceptors (Lipinski definition) is 4. The summed E-state index contributed by atoms with van der Waals surface area (Å²) in [5, 5.41) is 0. The van der Waals surface area contributed by atoms with Gasteiger partial charge in [-0.2, -0.15) is 0 Å². The zero-order chi connectivity index (χ0) is 16.1. The van der Waals surface area contributed by atoms with E-state index in [0.717, 1.165) is 44.8 Å². The lowest BCUT2D eigenvalue weighted by atomic mass is 9.91. The number of ether oxygens (including phenoxy) is 2. The molecule has 2 heterocycles. The summed E-state index contributed by atoms with van der Waals surface area (Å²) in [6, 6.07) is 8.86. The van der Waals surface area contributed by atoms with Crippen molar-refractivity contribution in [2.75, 3.05) is 26.3 Å². The van der Waals surface area contributed by atoms with E-state index in [-0.39, 0.29) is 6.10 Å². The van der Waals surface area contributed by atoms with Crippen LogP contribution in [0.4, 0.5) is 0 Å². The Bertz CT molecular complexity index is 461. The molecule has 2 atom stereocenters. The first-order valence-corrected chi connectivity index (χ1v) is 9.02. The molecule has 4 heteroatoms. The maximum atomic E-state index is 6.01. The van der Waals surface area contributed by atoms with Crippen LogP contribution in [-0.2, 0) is 11.3 Å². The summed E-state index contributed by atoms with van der Waals surface area (Å²) in [5.41, 5.74) is 7.37. The third-order valence-corrected chi connectivity index (χ3v) is 5.17. The van der Waals surface area contributed by atoms with Gasteiger partial charge in [-0.1, -0.05) is 12.1 Å². The largest absolute Gasteiger partial charge is 0.491 e. The fourth-order valence-electron chi connectivity index (χ4n) is 3.55. The monoisotopic (exact) mass is 318 g/mol. The number of hydrogen-bond donors (Lipinski definition) is 1. The Balaban J connectivity index is 1.42. The van der Waals surface area contributed by atoms with Crippen LogP contribution in [0.15, 0.2) is 24.3 Å². The quantitative estimate of drug-likeness (QED) is 0.876. The van der Waals surface area contributed by atoms with Crippen molar-refractivity contribution in [3.63, 3.8) is 0 Å². The minimum absolute atomic E-state index is 0.279. The van der Waals surface area contributed by atoms with Crippen molar-refractivity contribution >= 4 is 0 Å². The lowest BCUT2D eigenvalue weighted by Gasteiger charge is -2.33. The number of rotatable bonds is 6. The van der Waals surface area contributed by atoms with Crippen molar-refractivity contribution in [2.24, 2.45) is 11.7 Å². The Labute approximate surface area is 139 Å². The molecule has 2 N–H and O–H groups in total. The molecule has 128 valence electrons. The molecule has 2 saturated heterocycles. The normalized spacial score (nSPS) is 24.7. The van der Waals surface area contributed by atoms with Crippen LogP contribution in [0.5, 0.6) is 5.75 Å². The smallest absolute Gasteiger partial charge is 0.119 e. The fraction of sp³-hybridized carbons (Fsp3) is 0.684. The van der Waals surface area contributed by atoms with E-state index in [1.165, 1.54) is 18.4 Å². The summed E-state index contributed by atoms with van der Waals surface area (Å²) < 4.78 is 11.4. The minimum atomic E-state index is 0.279. The van der Waals surface area contributed by atoms with Gasteiger partial charge in [0, 0.05) is 19.2 Å². The first-order valence-electron chi connectivity index (χ1n) is 9.02. The standard InChI is InChI=1S/C19H30N2O2/c1-15(20)17-8-10-21(11-9-17)13-16-4-6-18(7-5-16)23-14-19-3-2-12-22-19/h4-7,15,17,19H,2-3,8-14,20H2,1H3. The number of piperidine rings is 1. The second-order valence-corrected chi connectivity index (χ2v) is 7.06. The number of nitrogens with two attached hydrogens (primary N) is 1. The highest BCUT2D eigenvalue weighted by atomic mass is 16.5. The molecule has 1 aromatic carbocycles. The summed E-state index contributed by atoms with van der Waals surface area (Å²) in [7, 11) is 0. The van der Waals surface area contributed by atoms with Gasteiger partial charge in [0.15, 0.2) is 0 Å². The van der Waals surface area contributed by atoms with Gasteiger partial charge in [-0.3, -0.25) is 4.90 Å². The Morgan fingerprint density at radius 1 is 1.22 bits per heavy atom. The molecular weight excluding hydrogens is 288 g/mol. The number of nitrogens with zero attached hydrogens (tertiary/aromatic N) is 1. The van der Waals surface area contributed by atoms with E-state index >= 15 is 0 Å². The summed E-state index contributed by atoms with van der Waals surface area (Å²) in [6.45, 7) is 7.02. The first-order chi connectivity index (χ1) is 11.2. The van der Waals surface area contributed by atoms with E-state index in [1.807, 2.05) is 0 Å². The third-order valence-electron chi connectivity index (χ3n) is 5.17. The molecule has 3 rings (SSSR count). The number of likely N-dealkylation sites (tertiary alicyclic amines) is 1. The predicted octanol–water partition coefficient (Wildman–Crippen LogP) is 2.80. The average Bonchev–Trinajstić information content (AvgIpc) is 3.08. The molecular formula is C19H30N2O2. The maximum absolute atomic E-state index is 6.01. The predicted molar refractivity (Wildman–Crippen MR) is 92.6 cm³/mol. The van der Waals surface area contributed by atoms with Crippen molar-refractivity contribution in [1.29, 1.82) is 0 Å². The SMILES string of the molecule is CC(N)C1CCN(Cc2ccc(OCC3CCCO3)cc2)CC1. The zero-order valence-electron chi connectivity index (χ0n) is 14.2. The first kappa shape index (κ1) is 16.7. The van der Waals surface area contributed by atoms with Crippen LogP contribution in [-0.4, -0.2) is 43.3 Å². The molecule has 0 bridgehead atoms. The lowest BCUT2D eigenvalue weighted by Crippen LogP contribution is -2.39. The second kappa shape index (κ2) is 8.13. The summed E-state index contributed by atoms with van der Waals surface area (Å²) in [5.74, 6) is 1.64. The molecule has 0 radical (unpaired) electrons. The van der Waals surface area contributed by atoms with Crippen molar-refractivity contribution in [1.82, 2.24) is 4.90 Å². The Morgan fingerprint density at radius 3 is 2.57 bits per heavy atom. The second-order valence-electron chi connectivity index (χ2n) is 7.06. The van der Waals surface area contributed by atoms with E-state index < -0.39 is 0 Å². The molecule has 0 saturated carbocycles. The van der Waals surface area contributed by atoms with E-state index in [1.54, 1.807) is 0 Å². The van der Waals surface area contributed by atoms with E-state index in [0.29, 0.717) is 18.6 Å². The summed E-state index contributed by atoms with van der Waals surface area (Å²) in [6.07, 6.45) is 5.00. The van der Waals surface area contributed by atoms with Crippen LogP contribution in [0.25, 0.3) is 0 Å². The highest BCUT2D eigenvalue weighted by molar-refractivity contribution is 5.27. The van der Waals surface area contributed by atoms with Gasteiger partial charge in [0.05, 0.1) is 6.10 Å². The highest BCUT2D eigenvalue weighted by Gasteiger charge is 2.21. The lowest BCUT2D eigenvalue weighted by molar-refractivity contribution is 0.0679. The van der Waals surface area contributed by atoms with E-state index in [2.05, 4.69) is 36.1 Å². The van der Waals surface area contributed by atoms with Gasteiger partial charge in [-0.05, 0) is 69.3 Å². The van der Waals surface area contributed by atoms with Gasteiger partial charge in [-0.15, -0.1) is 0 Å². The summed E-state index contributed by atoms with van der Waals surface area (Å²) in [4.78, 5) is 2.53. The number of benzene rings is 1. The van der Waals surface area contributed by atoms with Gasteiger partial charge >= 0.3 is 0 Å². The van der Waals surface area contributed by atoms with Gasteiger partial charge in [0.1, 0.15) is 12.4 Å². The molecule has 2 fully saturated rings. The molecule has 0 aliphatic carbocycles. The van der Waals surface area contributed by atoms with Gasteiger partial charge in [0.2, 0.25) is 0 Å². The van der Waals surface area contributed by atoms with E-state index in [4.69, 9.17) is 15.2 Å². The third kappa shape index (κ3) is 4.93. The molecule has 4 nitrogen and oxygen atoms in total. The van der Waals surface area contributed by atoms with Crippen LogP contribution in [0.1, 0.15) is 38.2 Å². The molecule has 1 aromatic rings. The highest BCUT2D eigenvalue weighted by Crippen LogP contribution is 2.22. The van der Waals surface area contributed by atoms with E-state index in [9.17, 15) is 0 Å². The molecule has 2 aliphatic heterocycles. The van der Waals surface area contributed by atoms with Gasteiger partial charge in [0.25, 0.3) is 0 Å². The van der Waals surface area contributed by atoms with Crippen molar-refractivity contribution in [2.45, 2.75) is 51.3 Å². The molecule has 2 aliphatic rings. The molecule has 2 unspecified atom stereocenters. The Morgan fingerprint density at radius 2 is 1.96 bits per heavy atom. The average molecular weight is 318 g/mol. The van der Waals surface area contributed by atoms with Crippen molar-refractivity contribution in [3.05, 3.63) is 29.8 Å². The zero-order valence-corrected chi connectivity index (χ0v) is 14.2. The minimum Gasteiger partial charge on any atom is -0.491 e. The Hall–Kier alpha value is -1.10. The molecule has 23 heavy (non-hydrogen) atoms. The van der Waals surface area contributed by atoms with Crippen molar-refractivity contribution < 1.29 is 9.47 Å². The van der Waals surface area contributed by atoms with Crippen molar-refractivity contribution in [3.8, 4) is 5.75 Å². The van der Waals surface area contributed by atoms with Crippen LogP contribution < -0.4 is 10.5 Å². The van der Waals surface area contributed by atoms with Crippen LogP contribution in [0, 0.1) is 5.92 Å². The van der Waals surface area contributed by atoms with Crippen LogP contribution in [0.3, 0.4) is 0 Å². The maximum Gasteiger partial charge on any atom is 0.119 e. The molecule has 0 spiro atoms. The van der Waals surface area contributed by atoms with Crippen LogP contribution >= 0.6 is 0 Å². The molecule has 0 amide bonds. The van der Waals surface area contributed by atoms with Gasteiger partial charge in [-0.25, -0.2) is 0 Å². The topological polar surface area (TPSA) is 47.7 Å². The Kier molecular flexibility index (Phi) is 5.92. The fourth-order valence-corrected chi connectivity index (χ4v) is 3.55. The van der Waals surface area contributed by atoms with Crippen LogP contribution in [0.2, 0.25) is 0 Å².